The lowest BCUT2D eigenvalue weighted by molar-refractivity contribution is -0.249. The van der Waals surface area contributed by atoms with E-state index in [2.05, 4.69) is 15.3 Å². The highest BCUT2D eigenvalue weighted by Crippen LogP contribution is 2.41. The predicted octanol–water partition coefficient (Wildman–Crippen LogP) is 2.85. The summed E-state index contributed by atoms with van der Waals surface area (Å²) in [7, 11) is 0. The Labute approximate surface area is 179 Å². The lowest BCUT2D eigenvalue weighted by Crippen LogP contribution is -2.60. The number of aromatic nitrogens is 1. The molecule has 2 atom stereocenters. The molecule has 1 aliphatic heterocycles. The van der Waals surface area contributed by atoms with Gasteiger partial charge >= 0.3 is 6.18 Å². The molecule has 5 N–H and O–H groups in total. The van der Waals surface area contributed by atoms with Crippen molar-refractivity contribution in [3.8, 4) is 6.07 Å². The van der Waals surface area contributed by atoms with E-state index < -0.39 is 41.5 Å². The molecule has 1 amide bonds. The van der Waals surface area contributed by atoms with Crippen LogP contribution in [0.2, 0.25) is 0 Å². The topological polar surface area (TPSA) is 139 Å². The summed E-state index contributed by atoms with van der Waals surface area (Å²) < 4.78 is 59.6. The van der Waals surface area contributed by atoms with E-state index in [0.29, 0.717) is 0 Å². The standard InChI is InChI=1S/C20H18F4N6O2/c1-18(9-32-19(2,17(27)30-18)20(22,23)24)12-6-11(3-4-13(12)21)29-16(31)15-14(26)5-10(7-25)8-28-15/h3-6,8H,9,26H2,1-2H3,(H2,27,30)(H,29,31)/t18-,19+/m0/s1. The first-order valence-electron chi connectivity index (χ1n) is 9.14. The zero-order valence-electron chi connectivity index (χ0n) is 16.9. The molecule has 12 heteroatoms. The van der Waals surface area contributed by atoms with Crippen LogP contribution in [0.25, 0.3) is 0 Å². The van der Waals surface area contributed by atoms with E-state index in [1.807, 2.05) is 6.07 Å². The summed E-state index contributed by atoms with van der Waals surface area (Å²) in [6, 6.07) is 6.59. The van der Waals surface area contributed by atoms with Crippen molar-refractivity contribution in [1.29, 1.82) is 5.26 Å². The summed E-state index contributed by atoms with van der Waals surface area (Å²) in [5, 5.41) is 11.3. The normalized spacial score (nSPS) is 23.2. The molecule has 1 aromatic heterocycles. The van der Waals surface area contributed by atoms with E-state index in [9.17, 15) is 22.4 Å². The van der Waals surface area contributed by atoms with Crippen molar-refractivity contribution >= 4 is 23.1 Å². The highest BCUT2D eigenvalue weighted by molar-refractivity contribution is 6.06. The largest absolute Gasteiger partial charge is 0.424 e. The molecule has 168 valence electrons. The molecule has 32 heavy (non-hydrogen) atoms. The van der Waals surface area contributed by atoms with Crippen molar-refractivity contribution in [2.24, 2.45) is 10.7 Å². The number of nitrogens with two attached hydrogens (primary N) is 2. The van der Waals surface area contributed by atoms with Gasteiger partial charge in [-0.3, -0.25) is 9.79 Å². The van der Waals surface area contributed by atoms with Gasteiger partial charge in [0.1, 0.15) is 23.3 Å². The molecule has 0 aliphatic carbocycles. The fraction of sp³-hybridized carbons (Fsp3) is 0.300. The lowest BCUT2D eigenvalue weighted by Gasteiger charge is -2.41. The van der Waals surface area contributed by atoms with E-state index in [4.69, 9.17) is 21.5 Å². The number of carbonyl (C=O) groups excluding carboxylic acids is 1. The number of hydrogen-bond donors (Lipinski definition) is 3. The monoisotopic (exact) mass is 450 g/mol. The molecule has 1 aliphatic rings. The molecule has 8 nitrogen and oxygen atoms in total. The van der Waals surface area contributed by atoms with Gasteiger partial charge in [-0.25, -0.2) is 9.37 Å². The second kappa shape index (κ2) is 7.76. The predicted molar refractivity (Wildman–Crippen MR) is 107 cm³/mol. The van der Waals surface area contributed by atoms with Crippen molar-refractivity contribution in [2.45, 2.75) is 31.2 Å². The smallest absolute Gasteiger partial charge is 0.397 e. The molecule has 0 saturated heterocycles. The number of aliphatic imine (C=N–C) groups is 1. The van der Waals surface area contributed by atoms with Crippen molar-refractivity contribution in [3.63, 3.8) is 0 Å². The third-order valence-corrected chi connectivity index (χ3v) is 5.10. The van der Waals surface area contributed by atoms with E-state index in [1.54, 1.807) is 0 Å². The maximum absolute atomic E-state index is 14.6. The Kier molecular flexibility index (Phi) is 5.56. The Bertz CT molecular complexity index is 1160. The molecule has 0 unspecified atom stereocenters. The number of alkyl halides is 3. The number of pyridine rings is 1. The van der Waals surface area contributed by atoms with Gasteiger partial charge in [0.25, 0.3) is 5.91 Å². The maximum Gasteiger partial charge on any atom is 0.424 e. The van der Waals surface area contributed by atoms with Crippen LogP contribution in [-0.2, 0) is 10.3 Å². The van der Waals surface area contributed by atoms with Gasteiger partial charge < -0.3 is 21.5 Å². The van der Waals surface area contributed by atoms with Crippen LogP contribution in [0, 0.1) is 17.1 Å². The number of ether oxygens (including phenoxy) is 1. The first kappa shape index (κ1) is 23.0. The van der Waals surface area contributed by atoms with Crippen LogP contribution >= 0.6 is 0 Å². The van der Waals surface area contributed by atoms with E-state index in [-0.39, 0.29) is 28.2 Å². The highest BCUT2D eigenvalue weighted by atomic mass is 19.4. The summed E-state index contributed by atoms with van der Waals surface area (Å²) in [6.45, 7) is 1.50. The fourth-order valence-corrected chi connectivity index (χ4v) is 3.07. The number of halogens is 4. The summed E-state index contributed by atoms with van der Waals surface area (Å²) in [4.78, 5) is 20.3. The molecule has 2 heterocycles. The number of nitrogens with zero attached hydrogens (tertiary/aromatic N) is 3. The van der Waals surface area contributed by atoms with Crippen LogP contribution in [0.3, 0.4) is 0 Å². The van der Waals surface area contributed by atoms with E-state index >= 15 is 0 Å². The Morgan fingerprint density at radius 2 is 1.97 bits per heavy atom. The van der Waals surface area contributed by atoms with Gasteiger partial charge in [0.05, 0.1) is 17.9 Å². The van der Waals surface area contributed by atoms with Crippen LogP contribution < -0.4 is 16.8 Å². The highest BCUT2D eigenvalue weighted by Gasteiger charge is 2.59. The summed E-state index contributed by atoms with van der Waals surface area (Å²) in [5.41, 5.74) is 6.86. The number of carbonyl (C=O) groups is 1. The van der Waals surface area contributed by atoms with Crippen molar-refractivity contribution < 1.29 is 27.1 Å². The average molecular weight is 450 g/mol. The minimum Gasteiger partial charge on any atom is -0.397 e. The minimum atomic E-state index is -4.82. The Balaban J connectivity index is 1.93. The molecular weight excluding hydrogens is 432 g/mol. The zero-order valence-corrected chi connectivity index (χ0v) is 16.9. The molecule has 0 fully saturated rings. The average Bonchev–Trinajstić information content (AvgIpc) is 2.71. The van der Waals surface area contributed by atoms with Crippen LogP contribution in [0.4, 0.5) is 28.9 Å². The van der Waals surface area contributed by atoms with Gasteiger partial charge in [0.2, 0.25) is 5.60 Å². The van der Waals surface area contributed by atoms with Gasteiger partial charge in [-0.1, -0.05) is 0 Å². The Morgan fingerprint density at radius 3 is 2.53 bits per heavy atom. The van der Waals surface area contributed by atoms with Crippen LogP contribution in [0.15, 0.2) is 35.5 Å². The van der Waals surface area contributed by atoms with E-state index in [1.165, 1.54) is 25.1 Å². The molecule has 3 rings (SSSR count). The maximum atomic E-state index is 14.6. The number of benzene rings is 1. The number of anilines is 2. The van der Waals surface area contributed by atoms with Crippen molar-refractivity contribution in [3.05, 3.63) is 53.1 Å². The first-order chi connectivity index (χ1) is 14.8. The van der Waals surface area contributed by atoms with Gasteiger partial charge in [-0.15, -0.1) is 0 Å². The second-order valence-electron chi connectivity index (χ2n) is 7.51. The number of nitriles is 1. The second-order valence-corrected chi connectivity index (χ2v) is 7.51. The van der Waals surface area contributed by atoms with Crippen molar-refractivity contribution in [2.75, 3.05) is 17.7 Å². The SMILES string of the molecule is C[C@@]1(c2cc(NC(=O)c3ncc(C#N)cc3N)ccc2F)CO[C@@](C)(C(F)(F)F)C(N)=N1. The molecule has 0 saturated carbocycles. The minimum absolute atomic E-state index is 0.0414. The number of nitrogens with one attached hydrogen (secondary N) is 1. The molecule has 1 aromatic carbocycles. The van der Waals surface area contributed by atoms with Crippen molar-refractivity contribution in [1.82, 2.24) is 4.98 Å². The first-order valence-corrected chi connectivity index (χ1v) is 9.14. The molecular formula is C20H18F4N6O2. The third kappa shape index (κ3) is 3.94. The number of amides is 1. The van der Waals surface area contributed by atoms with E-state index in [0.717, 1.165) is 19.2 Å². The molecule has 2 aromatic rings. The number of hydrogen-bond acceptors (Lipinski definition) is 7. The van der Waals surface area contributed by atoms with Crippen LogP contribution in [-0.4, -0.2) is 35.1 Å². The summed E-state index contributed by atoms with van der Waals surface area (Å²) in [5.74, 6) is -2.36. The Hall–Kier alpha value is -3.72. The molecule has 0 radical (unpaired) electrons. The molecule has 0 bridgehead atoms. The number of rotatable bonds is 3. The quantitative estimate of drug-likeness (QED) is 0.615. The van der Waals surface area contributed by atoms with Crippen LogP contribution in [0.5, 0.6) is 0 Å². The molecule has 0 spiro atoms. The third-order valence-electron chi connectivity index (χ3n) is 5.10. The van der Waals surface area contributed by atoms with Gasteiger partial charge in [-0.2, -0.15) is 18.4 Å². The van der Waals surface area contributed by atoms with Gasteiger partial charge in [0.15, 0.2) is 5.69 Å². The fourth-order valence-electron chi connectivity index (χ4n) is 3.07. The number of nitrogen functional groups attached to an aromatic ring is 1. The Morgan fingerprint density at radius 1 is 1.28 bits per heavy atom. The zero-order chi connectivity index (χ0) is 23.9. The van der Waals surface area contributed by atoms with Gasteiger partial charge in [0, 0.05) is 17.4 Å². The van der Waals surface area contributed by atoms with Gasteiger partial charge in [-0.05, 0) is 38.1 Å². The summed E-state index contributed by atoms with van der Waals surface area (Å²) >= 11 is 0. The van der Waals surface area contributed by atoms with Crippen LogP contribution in [0.1, 0.15) is 35.5 Å². The summed E-state index contributed by atoms with van der Waals surface area (Å²) in [6.07, 6.45) is -3.65. The number of amidine groups is 1. The lowest BCUT2D eigenvalue weighted by atomic mass is 9.89.